The number of aromatic nitrogens is 3. The highest BCUT2D eigenvalue weighted by molar-refractivity contribution is 7.92. The lowest BCUT2D eigenvalue weighted by molar-refractivity contribution is 0.424. The molecule has 4 aromatic rings. The lowest BCUT2D eigenvalue weighted by Gasteiger charge is -2.11. The minimum atomic E-state index is -3.41. The van der Waals surface area contributed by atoms with Crippen molar-refractivity contribution in [1.29, 1.82) is 0 Å². The van der Waals surface area contributed by atoms with E-state index in [-0.39, 0.29) is 40.0 Å². The zero-order valence-electron chi connectivity index (χ0n) is 19.7. The number of rotatable bonds is 9. The highest BCUT2D eigenvalue weighted by Crippen LogP contribution is 2.31. The fraction of sp³-hybridized carbons (Fsp3) is 0.240. The van der Waals surface area contributed by atoms with Crippen LogP contribution in [0.2, 0.25) is 0 Å². The summed E-state index contributed by atoms with van der Waals surface area (Å²) in [6.45, 7) is 2.99. The molecule has 8 nitrogen and oxygen atoms in total. The van der Waals surface area contributed by atoms with Crippen LogP contribution >= 0.6 is 0 Å². The predicted molar refractivity (Wildman–Crippen MR) is 133 cm³/mol. The van der Waals surface area contributed by atoms with Gasteiger partial charge in [-0.2, -0.15) is 0 Å². The summed E-state index contributed by atoms with van der Waals surface area (Å²) in [7, 11) is -3.41. The van der Waals surface area contributed by atoms with Gasteiger partial charge in [-0.25, -0.2) is 27.2 Å². The first kappa shape index (κ1) is 25.4. The van der Waals surface area contributed by atoms with Crippen molar-refractivity contribution in [2.24, 2.45) is 0 Å². The van der Waals surface area contributed by atoms with Gasteiger partial charge in [0.15, 0.2) is 27.1 Å². The Labute approximate surface area is 207 Å². The van der Waals surface area contributed by atoms with Gasteiger partial charge < -0.3 is 10.3 Å². The second-order valence-electron chi connectivity index (χ2n) is 8.23. The average molecular weight is 514 g/mol. The van der Waals surface area contributed by atoms with E-state index in [1.807, 2.05) is 6.92 Å². The topological polar surface area (TPSA) is 124 Å². The van der Waals surface area contributed by atoms with Gasteiger partial charge in [-0.05, 0) is 43.2 Å². The van der Waals surface area contributed by atoms with Gasteiger partial charge in [0.1, 0.15) is 18.3 Å². The molecular formula is C25H25F2N5O3S. The number of nitrogens with zero attached hydrogens (tertiary/aromatic N) is 3. The van der Waals surface area contributed by atoms with Crippen molar-refractivity contribution >= 4 is 15.7 Å². The first-order valence-electron chi connectivity index (χ1n) is 11.2. The molecule has 0 aliphatic heterocycles. The Bertz CT molecular complexity index is 1470. The standard InChI is InChI=1S/C25H25F2N5O3S/c1-3-15(2)36(33,34)18-7-5-17(6-8-18)22-13-30-25(28)24(31-22)23-11-21(32-35-23)19-9-4-16(10-20(19)27)12-29-14-26/h4-11,13,15,29H,3,12,14H2,1-2H3,(H2,28,30). The lowest BCUT2D eigenvalue weighted by Crippen LogP contribution is -2.16. The zero-order valence-corrected chi connectivity index (χ0v) is 20.5. The van der Waals surface area contributed by atoms with Gasteiger partial charge in [0.05, 0.1) is 22.0 Å². The van der Waals surface area contributed by atoms with E-state index in [1.165, 1.54) is 36.5 Å². The van der Waals surface area contributed by atoms with Gasteiger partial charge in [-0.15, -0.1) is 0 Å². The molecule has 4 rings (SSSR count). The minimum Gasteiger partial charge on any atom is -0.382 e. The van der Waals surface area contributed by atoms with Crippen LogP contribution in [-0.2, 0) is 16.4 Å². The second-order valence-corrected chi connectivity index (χ2v) is 10.6. The van der Waals surface area contributed by atoms with Crippen LogP contribution in [0.4, 0.5) is 14.6 Å². The Morgan fingerprint density at radius 1 is 1.11 bits per heavy atom. The van der Waals surface area contributed by atoms with E-state index in [9.17, 15) is 17.2 Å². The summed E-state index contributed by atoms with van der Waals surface area (Å²) in [4.78, 5) is 8.94. The lowest BCUT2D eigenvalue weighted by atomic mass is 10.1. The van der Waals surface area contributed by atoms with Gasteiger partial charge >= 0.3 is 0 Å². The normalized spacial score (nSPS) is 12.6. The SMILES string of the molecule is CCC(C)S(=O)(=O)c1ccc(-c2cnc(N)c(-c3cc(-c4ccc(CNCF)cc4F)no3)n2)cc1. The number of hydrogen-bond acceptors (Lipinski definition) is 8. The highest BCUT2D eigenvalue weighted by atomic mass is 32.2. The van der Waals surface area contributed by atoms with Gasteiger partial charge in [0, 0.05) is 23.7 Å². The Balaban J connectivity index is 1.62. The Morgan fingerprint density at radius 2 is 1.86 bits per heavy atom. The van der Waals surface area contributed by atoms with Crippen molar-refractivity contribution in [1.82, 2.24) is 20.4 Å². The summed E-state index contributed by atoms with van der Waals surface area (Å²) in [6.07, 6.45) is 1.98. The van der Waals surface area contributed by atoms with Gasteiger partial charge in [-0.1, -0.05) is 30.3 Å². The Kier molecular flexibility index (Phi) is 7.41. The van der Waals surface area contributed by atoms with Crippen LogP contribution in [0.15, 0.2) is 64.1 Å². The molecule has 36 heavy (non-hydrogen) atoms. The molecular weight excluding hydrogens is 488 g/mol. The van der Waals surface area contributed by atoms with Crippen LogP contribution in [0.25, 0.3) is 34.0 Å². The van der Waals surface area contributed by atoms with Crippen LogP contribution < -0.4 is 11.1 Å². The molecule has 0 spiro atoms. The average Bonchev–Trinajstić information content (AvgIpc) is 3.37. The van der Waals surface area contributed by atoms with E-state index in [0.29, 0.717) is 23.2 Å². The quantitative estimate of drug-likeness (QED) is 0.307. The maximum absolute atomic E-state index is 14.6. The maximum Gasteiger partial charge on any atom is 0.189 e. The number of hydrogen-bond donors (Lipinski definition) is 2. The number of nitrogen functional groups attached to an aromatic ring is 1. The van der Waals surface area contributed by atoms with Gasteiger partial charge in [0.2, 0.25) is 0 Å². The highest BCUT2D eigenvalue weighted by Gasteiger charge is 2.22. The van der Waals surface area contributed by atoms with E-state index < -0.39 is 27.7 Å². The van der Waals surface area contributed by atoms with Crippen molar-refractivity contribution in [2.45, 2.75) is 37.0 Å². The first-order valence-corrected chi connectivity index (χ1v) is 12.8. The van der Waals surface area contributed by atoms with Gasteiger partial charge in [-0.3, -0.25) is 5.32 Å². The summed E-state index contributed by atoms with van der Waals surface area (Å²) < 4.78 is 57.5. The molecule has 0 saturated carbocycles. The monoisotopic (exact) mass is 513 g/mol. The molecule has 1 unspecified atom stereocenters. The van der Waals surface area contributed by atoms with Crippen molar-refractivity contribution < 1.29 is 21.7 Å². The molecule has 0 amide bonds. The van der Waals surface area contributed by atoms with E-state index >= 15 is 0 Å². The molecule has 2 aromatic heterocycles. The molecule has 0 radical (unpaired) electrons. The van der Waals surface area contributed by atoms with E-state index in [4.69, 9.17) is 10.3 Å². The van der Waals surface area contributed by atoms with Crippen LogP contribution in [0, 0.1) is 5.82 Å². The van der Waals surface area contributed by atoms with Crippen molar-refractivity contribution in [3.8, 4) is 34.0 Å². The smallest absolute Gasteiger partial charge is 0.189 e. The minimum absolute atomic E-state index is 0.0885. The molecule has 1 atom stereocenters. The maximum atomic E-state index is 14.6. The Morgan fingerprint density at radius 3 is 2.53 bits per heavy atom. The zero-order chi connectivity index (χ0) is 25.9. The first-order chi connectivity index (χ1) is 17.2. The Hall–Kier alpha value is -3.70. The molecule has 2 heterocycles. The molecule has 11 heteroatoms. The summed E-state index contributed by atoms with van der Waals surface area (Å²) in [5, 5.41) is 5.95. The summed E-state index contributed by atoms with van der Waals surface area (Å²) in [5.41, 5.74) is 8.34. The van der Waals surface area contributed by atoms with Crippen LogP contribution in [-0.4, -0.2) is 35.6 Å². The number of alkyl halides is 1. The molecule has 188 valence electrons. The summed E-state index contributed by atoms with van der Waals surface area (Å²) >= 11 is 0. The third kappa shape index (κ3) is 5.12. The molecule has 0 bridgehead atoms. The third-order valence-corrected chi connectivity index (χ3v) is 8.18. The van der Waals surface area contributed by atoms with E-state index in [2.05, 4.69) is 20.4 Å². The number of nitrogens with one attached hydrogen (secondary N) is 1. The molecule has 0 fully saturated rings. The molecule has 2 aromatic carbocycles. The van der Waals surface area contributed by atoms with E-state index in [0.717, 1.165) is 0 Å². The number of anilines is 1. The number of nitrogens with two attached hydrogens (primary N) is 1. The summed E-state index contributed by atoms with van der Waals surface area (Å²) in [5.74, 6) is -0.255. The fourth-order valence-corrected chi connectivity index (χ4v) is 4.99. The predicted octanol–water partition coefficient (Wildman–Crippen LogP) is 4.78. The fourth-order valence-electron chi connectivity index (χ4n) is 3.57. The summed E-state index contributed by atoms with van der Waals surface area (Å²) in [6, 6.07) is 12.4. The second kappa shape index (κ2) is 10.5. The molecule has 0 aliphatic carbocycles. The van der Waals surface area contributed by atoms with Crippen molar-refractivity contribution in [3.63, 3.8) is 0 Å². The molecule has 3 N–H and O–H groups in total. The molecule has 0 saturated heterocycles. The number of benzene rings is 2. The van der Waals surface area contributed by atoms with Crippen LogP contribution in [0.3, 0.4) is 0 Å². The van der Waals surface area contributed by atoms with Crippen LogP contribution in [0.1, 0.15) is 25.8 Å². The van der Waals surface area contributed by atoms with Gasteiger partial charge in [0.25, 0.3) is 0 Å². The number of halogens is 2. The number of sulfone groups is 1. The molecule has 0 aliphatic rings. The van der Waals surface area contributed by atoms with Crippen LogP contribution in [0.5, 0.6) is 0 Å². The van der Waals surface area contributed by atoms with E-state index in [1.54, 1.807) is 25.1 Å². The largest absolute Gasteiger partial charge is 0.382 e. The van der Waals surface area contributed by atoms with Crippen molar-refractivity contribution in [3.05, 3.63) is 66.1 Å². The third-order valence-electron chi connectivity index (χ3n) is 5.86. The van der Waals surface area contributed by atoms with Crippen molar-refractivity contribution in [2.75, 3.05) is 12.5 Å².